The van der Waals surface area contributed by atoms with Gasteiger partial charge in [-0.15, -0.1) is 0 Å². The largest absolute Gasteiger partial charge is 0.336 e. The lowest BCUT2D eigenvalue weighted by molar-refractivity contribution is 0.0452. The summed E-state index contributed by atoms with van der Waals surface area (Å²) in [5.74, 6) is 0.213. The van der Waals surface area contributed by atoms with Crippen LogP contribution in [0, 0.1) is 5.92 Å². The minimum Gasteiger partial charge on any atom is -0.336 e. The fourth-order valence-corrected chi connectivity index (χ4v) is 3.81. The standard InChI is InChI=1S/C20H27N5O2/c1-20(2,3)17-9-16(21-22-17)19(27)24-10-13(11-24)12-25-18(26)8-14-6-4-5-7-15(14)23-25/h8-9,13H,4-7,10-12H2,1-3H3,(H,21,22). The molecule has 1 fully saturated rings. The average Bonchev–Trinajstić information content (AvgIpc) is 3.08. The molecular formula is C20H27N5O2. The molecule has 1 aliphatic heterocycles. The lowest BCUT2D eigenvalue weighted by atomic mass is 9.92. The third-order valence-electron chi connectivity index (χ3n) is 5.55. The van der Waals surface area contributed by atoms with Crippen molar-refractivity contribution in [2.24, 2.45) is 5.92 Å². The van der Waals surface area contributed by atoms with E-state index in [1.54, 1.807) is 15.6 Å². The van der Waals surface area contributed by atoms with Gasteiger partial charge in [0.1, 0.15) is 5.69 Å². The molecule has 2 aromatic heterocycles. The number of carbonyl (C=O) groups excluding carboxylic acids is 1. The number of nitrogens with one attached hydrogen (secondary N) is 1. The summed E-state index contributed by atoms with van der Waals surface area (Å²) in [6.07, 6.45) is 4.20. The fourth-order valence-electron chi connectivity index (χ4n) is 3.81. The number of rotatable bonds is 3. The Kier molecular flexibility index (Phi) is 4.40. The number of carbonyl (C=O) groups is 1. The second-order valence-electron chi connectivity index (χ2n) is 8.84. The van der Waals surface area contributed by atoms with Crippen LogP contribution in [0.2, 0.25) is 0 Å². The molecule has 1 saturated heterocycles. The van der Waals surface area contributed by atoms with Gasteiger partial charge in [-0.1, -0.05) is 20.8 Å². The van der Waals surface area contributed by atoms with Gasteiger partial charge < -0.3 is 4.90 Å². The number of aromatic nitrogens is 4. The lowest BCUT2D eigenvalue weighted by Gasteiger charge is -2.38. The predicted molar refractivity (Wildman–Crippen MR) is 102 cm³/mol. The second kappa shape index (κ2) is 6.62. The highest BCUT2D eigenvalue weighted by Crippen LogP contribution is 2.24. The third kappa shape index (κ3) is 3.55. The molecule has 0 spiro atoms. The van der Waals surface area contributed by atoms with E-state index in [1.165, 1.54) is 0 Å². The Morgan fingerprint density at radius 1 is 1.22 bits per heavy atom. The molecule has 7 nitrogen and oxygen atoms in total. The van der Waals surface area contributed by atoms with Crippen molar-refractivity contribution < 1.29 is 4.79 Å². The van der Waals surface area contributed by atoms with Gasteiger partial charge in [0, 0.05) is 36.2 Å². The number of amides is 1. The van der Waals surface area contributed by atoms with Crippen molar-refractivity contribution in [3.05, 3.63) is 45.1 Å². The molecule has 0 aromatic carbocycles. The maximum atomic E-state index is 12.6. The van der Waals surface area contributed by atoms with E-state index in [9.17, 15) is 9.59 Å². The quantitative estimate of drug-likeness (QED) is 0.896. The highest BCUT2D eigenvalue weighted by Gasteiger charge is 2.33. The van der Waals surface area contributed by atoms with Gasteiger partial charge >= 0.3 is 0 Å². The number of hydrogen-bond donors (Lipinski definition) is 1. The summed E-state index contributed by atoms with van der Waals surface area (Å²) in [5.41, 5.74) is 3.50. The molecule has 2 aliphatic rings. The topological polar surface area (TPSA) is 83.9 Å². The van der Waals surface area contributed by atoms with Gasteiger partial charge in [-0.3, -0.25) is 14.7 Å². The van der Waals surface area contributed by atoms with Crippen molar-refractivity contribution in [3.8, 4) is 0 Å². The number of fused-ring (bicyclic) bond motifs is 1. The van der Waals surface area contributed by atoms with Crippen molar-refractivity contribution in [2.75, 3.05) is 13.1 Å². The zero-order valence-electron chi connectivity index (χ0n) is 16.3. The average molecular weight is 369 g/mol. The maximum Gasteiger partial charge on any atom is 0.274 e. The molecule has 27 heavy (non-hydrogen) atoms. The Bertz CT molecular complexity index is 915. The van der Waals surface area contributed by atoms with Crippen molar-refractivity contribution >= 4 is 5.91 Å². The summed E-state index contributed by atoms with van der Waals surface area (Å²) in [7, 11) is 0. The molecule has 144 valence electrons. The number of nitrogens with zero attached hydrogens (tertiary/aromatic N) is 4. The molecule has 7 heteroatoms. The zero-order chi connectivity index (χ0) is 19.2. The number of likely N-dealkylation sites (tertiary alicyclic amines) is 1. The van der Waals surface area contributed by atoms with Crippen LogP contribution >= 0.6 is 0 Å². The smallest absolute Gasteiger partial charge is 0.274 e. The van der Waals surface area contributed by atoms with Crippen LogP contribution in [0.25, 0.3) is 0 Å². The van der Waals surface area contributed by atoms with Gasteiger partial charge in [0.25, 0.3) is 11.5 Å². The lowest BCUT2D eigenvalue weighted by Crippen LogP contribution is -2.52. The maximum absolute atomic E-state index is 12.6. The molecule has 0 atom stereocenters. The predicted octanol–water partition coefficient (Wildman–Crippen LogP) is 1.91. The first-order valence-corrected chi connectivity index (χ1v) is 9.76. The molecule has 1 amide bonds. The number of aromatic amines is 1. The van der Waals surface area contributed by atoms with Crippen LogP contribution in [0.15, 0.2) is 16.9 Å². The first-order valence-electron chi connectivity index (χ1n) is 9.76. The van der Waals surface area contributed by atoms with Crippen LogP contribution in [0.4, 0.5) is 0 Å². The van der Waals surface area contributed by atoms with Gasteiger partial charge in [-0.05, 0) is 37.3 Å². The van der Waals surface area contributed by atoms with E-state index >= 15 is 0 Å². The summed E-state index contributed by atoms with van der Waals surface area (Å²) in [6, 6.07) is 3.59. The van der Waals surface area contributed by atoms with E-state index in [-0.39, 0.29) is 22.8 Å². The third-order valence-corrected chi connectivity index (χ3v) is 5.55. The minimum atomic E-state index is -0.0672. The number of aryl methyl sites for hydroxylation is 2. The molecule has 1 aliphatic carbocycles. The van der Waals surface area contributed by atoms with Crippen molar-refractivity contribution in [1.82, 2.24) is 24.9 Å². The SMILES string of the molecule is CC(C)(C)c1cc(C(=O)N2CC(Cn3nc4c(cc3=O)CCCC4)C2)n[nH]1. The summed E-state index contributed by atoms with van der Waals surface area (Å²) in [5, 5.41) is 11.7. The molecule has 0 saturated carbocycles. The van der Waals surface area contributed by atoms with Crippen LogP contribution < -0.4 is 5.56 Å². The van der Waals surface area contributed by atoms with Gasteiger partial charge in [0.15, 0.2) is 0 Å². The Morgan fingerprint density at radius 3 is 2.67 bits per heavy atom. The summed E-state index contributed by atoms with van der Waals surface area (Å²) in [6.45, 7) is 8.10. The van der Waals surface area contributed by atoms with Gasteiger partial charge in [0.05, 0.1) is 12.2 Å². The molecule has 0 bridgehead atoms. The molecule has 3 heterocycles. The van der Waals surface area contributed by atoms with Crippen molar-refractivity contribution in [1.29, 1.82) is 0 Å². The van der Waals surface area contributed by atoms with E-state index in [4.69, 9.17) is 0 Å². The van der Waals surface area contributed by atoms with E-state index in [2.05, 4.69) is 36.1 Å². The van der Waals surface area contributed by atoms with E-state index in [1.807, 2.05) is 6.07 Å². The molecule has 0 radical (unpaired) electrons. The first-order chi connectivity index (χ1) is 12.8. The van der Waals surface area contributed by atoms with Gasteiger partial charge in [0.2, 0.25) is 0 Å². The molecular weight excluding hydrogens is 342 g/mol. The zero-order valence-corrected chi connectivity index (χ0v) is 16.3. The highest BCUT2D eigenvalue weighted by atomic mass is 16.2. The van der Waals surface area contributed by atoms with Crippen LogP contribution in [-0.2, 0) is 24.8 Å². The second-order valence-corrected chi connectivity index (χ2v) is 8.84. The summed E-state index contributed by atoms with van der Waals surface area (Å²) in [4.78, 5) is 26.7. The van der Waals surface area contributed by atoms with E-state index in [0.717, 1.165) is 42.6 Å². The molecule has 0 unspecified atom stereocenters. The Balaban J connectivity index is 1.38. The summed E-state index contributed by atoms with van der Waals surface area (Å²) >= 11 is 0. The normalized spacial score (nSPS) is 17.5. The Morgan fingerprint density at radius 2 is 1.96 bits per heavy atom. The van der Waals surface area contributed by atoms with Crippen molar-refractivity contribution in [3.63, 3.8) is 0 Å². The first kappa shape index (κ1) is 17.9. The molecule has 4 rings (SSSR count). The Labute approximate surface area is 158 Å². The van der Waals surface area contributed by atoms with E-state index < -0.39 is 0 Å². The molecule has 1 N–H and O–H groups in total. The van der Waals surface area contributed by atoms with Crippen LogP contribution in [0.1, 0.15) is 61.1 Å². The minimum absolute atomic E-state index is 0.0254. The molecule has 2 aromatic rings. The highest BCUT2D eigenvalue weighted by molar-refractivity contribution is 5.93. The van der Waals surface area contributed by atoms with E-state index in [0.29, 0.717) is 25.3 Å². The monoisotopic (exact) mass is 369 g/mol. The fraction of sp³-hybridized carbons (Fsp3) is 0.600. The number of H-pyrrole nitrogens is 1. The number of hydrogen-bond acceptors (Lipinski definition) is 4. The van der Waals surface area contributed by atoms with Crippen LogP contribution in [0.5, 0.6) is 0 Å². The van der Waals surface area contributed by atoms with Crippen LogP contribution in [0.3, 0.4) is 0 Å². The Hall–Kier alpha value is -2.44. The van der Waals surface area contributed by atoms with Gasteiger partial charge in [-0.2, -0.15) is 10.2 Å². The van der Waals surface area contributed by atoms with Gasteiger partial charge in [-0.25, -0.2) is 4.68 Å². The summed E-state index contributed by atoms with van der Waals surface area (Å²) < 4.78 is 1.59. The van der Waals surface area contributed by atoms with Crippen molar-refractivity contribution in [2.45, 2.75) is 58.4 Å². The van der Waals surface area contributed by atoms with Crippen LogP contribution in [-0.4, -0.2) is 43.9 Å².